The highest BCUT2D eigenvalue weighted by molar-refractivity contribution is 7.96. The Balaban J connectivity index is 1.91. The van der Waals surface area contributed by atoms with Crippen LogP contribution in [0, 0.1) is 0 Å². The minimum Gasteiger partial charge on any atom is -0.271 e. The molecule has 1 aliphatic heterocycles. The molecule has 0 aromatic carbocycles. The molecule has 1 aliphatic carbocycles. The SMILES string of the molecule is O=C1CCCC[S+](C2CCCCCC2)N1. The van der Waals surface area contributed by atoms with Gasteiger partial charge in [-0.1, -0.05) is 12.8 Å². The van der Waals surface area contributed by atoms with E-state index < -0.39 is 0 Å². The van der Waals surface area contributed by atoms with Gasteiger partial charge in [-0.2, -0.15) is 4.72 Å². The summed E-state index contributed by atoms with van der Waals surface area (Å²) >= 11 is 0.211. The van der Waals surface area contributed by atoms with E-state index in [0.29, 0.717) is 5.91 Å². The Labute approximate surface area is 95.7 Å². The third kappa shape index (κ3) is 3.40. The van der Waals surface area contributed by atoms with Crippen LogP contribution in [-0.4, -0.2) is 16.9 Å². The van der Waals surface area contributed by atoms with Crippen molar-refractivity contribution < 1.29 is 4.79 Å². The lowest BCUT2D eigenvalue weighted by molar-refractivity contribution is -0.119. The molecule has 0 bridgehead atoms. The van der Waals surface area contributed by atoms with Gasteiger partial charge in [-0.3, -0.25) is 4.79 Å². The molecule has 3 heteroatoms. The number of rotatable bonds is 1. The van der Waals surface area contributed by atoms with Gasteiger partial charge in [-0.05, 0) is 38.5 Å². The third-order valence-electron chi connectivity index (χ3n) is 3.47. The summed E-state index contributed by atoms with van der Waals surface area (Å²) in [5.74, 6) is 1.55. The van der Waals surface area contributed by atoms with Crippen LogP contribution in [0.1, 0.15) is 57.8 Å². The summed E-state index contributed by atoms with van der Waals surface area (Å²) in [5, 5.41) is 0.801. The van der Waals surface area contributed by atoms with E-state index in [9.17, 15) is 4.79 Å². The molecule has 0 spiro atoms. The van der Waals surface area contributed by atoms with Gasteiger partial charge in [0.2, 0.25) is 0 Å². The lowest BCUT2D eigenvalue weighted by Gasteiger charge is -2.15. The van der Waals surface area contributed by atoms with E-state index in [0.717, 1.165) is 18.1 Å². The molecule has 1 amide bonds. The first-order chi connectivity index (χ1) is 7.36. The zero-order valence-electron chi connectivity index (χ0n) is 9.46. The van der Waals surface area contributed by atoms with E-state index in [4.69, 9.17) is 0 Å². The van der Waals surface area contributed by atoms with Crippen molar-refractivity contribution in [2.75, 3.05) is 5.75 Å². The Hall–Kier alpha value is -0.180. The molecule has 0 radical (unpaired) electrons. The zero-order chi connectivity index (χ0) is 10.5. The van der Waals surface area contributed by atoms with Gasteiger partial charge in [0, 0.05) is 6.42 Å². The minimum absolute atomic E-state index is 0.211. The Morgan fingerprint density at radius 2 is 1.73 bits per heavy atom. The van der Waals surface area contributed by atoms with Crippen LogP contribution in [0.25, 0.3) is 0 Å². The van der Waals surface area contributed by atoms with E-state index in [2.05, 4.69) is 4.72 Å². The summed E-state index contributed by atoms with van der Waals surface area (Å²) in [4.78, 5) is 11.5. The number of hydrogen-bond donors (Lipinski definition) is 1. The molecular formula is C12H22NOS+. The monoisotopic (exact) mass is 228 g/mol. The fourth-order valence-electron chi connectivity index (χ4n) is 2.57. The van der Waals surface area contributed by atoms with Crippen LogP contribution < -0.4 is 4.72 Å². The lowest BCUT2D eigenvalue weighted by atomic mass is 10.2. The molecule has 1 unspecified atom stereocenters. The van der Waals surface area contributed by atoms with Gasteiger partial charge in [0.05, 0.1) is 0 Å². The molecule has 2 fully saturated rings. The number of nitrogens with one attached hydrogen (secondary N) is 1. The third-order valence-corrected chi connectivity index (χ3v) is 5.96. The second-order valence-corrected chi connectivity index (χ2v) is 6.87. The van der Waals surface area contributed by atoms with Crippen molar-refractivity contribution in [2.45, 2.75) is 63.0 Å². The molecule has 1 saturated heterocycles. The average Bonchev–Trinajstić information content (AvgIpc) is 2.59. The maximum Gasteiger partial charge on any atom is 0.261 e. The van der Waals surface area contributed by atoms with E-state index >= 15 is 0 Å². The molecule has 2 nitrogen and oxygen atoms in total. The van der Waals surface area contributed by atoms with Crippen LogP contribution in [0.3, 0.4) is 0 Å². The first-order valence-corrected chi connectivity index (χ1v) is 7.81. The number of carbonyl (C=O) groups is 1. The lowest BCUT2D eigenvalue weighted by Crippen LogP contribution is -2.38. The van der Waals surface area contributed by atoms with Gasteiger partial charge in [0.15, 0.2) is 0 Å². The molecule has 0 aromatic heterocycles. The van der Waals surface area contributed by atoms with Crippen molar-refractivity contribution in [3.63, 3.8) is 0 Å². The highest BCUT2D eigenvalue weighted by Crippen LogP contribution is 2.25. The van der Waals surface area contributed by atoms with Crippen molar-refractivity contribution in [3.8, 4) is 0 Å². The first-order valence-electron chi connectivity index (χ1n) is 6.35. The number of amides is 1. The van der Waals surface area contributed by atoms with Crippen molar-refractivity contribution >= 4 is 17.0 Å². The number of carbonyl (C=O) groups excluding carboxylic acids is 1. The van der Waals surface area contributed by atoms with Crippen molar-refractivity contribution in [1.29, 1.82) is 0 Å². The van der Waals surface area contributed by atoms with Crippen LogP contribution in [0.5, 0.6) is 0 Å². The normalized spacial score (nSPS) is 30.4. The fraction of sp³-hybridized carbons (Fsp3) is 0.917. The maximum atomic E-state index is 11.5. The first kappa shape index (κ1) is 11.3. The van der Waals surface area contributed by atoms with Gasteiger partial charge in [-0.25, -0.2) is 0 Å². The maximum absolute atomic E-state index is 11.5. The molecule has 1 heterocycles. The molecule has 1 atom stereocenters. The minimum atomic E-state index is 0.211. The van der Waals surface area contributed by atoms with Crippen LogP contribution in [-0.2, 0) is 15.9 Å². The second kappa shape index (κ2) is 5.78. The quantitative estimate of drug-likeness (QED) is 0.542. The molecule has 0 aromatic rings. The molecule has 2 rings (SSSR count). The van der Waals surface area contributed by atoms with Crippen molar-refractivity contribution in [1.82, 2.24) is 4.72 Å². The number of hydrogen-bond acceptors (Lipinski definition) is 1. The Morgan fingerprint density at radius 1 is 1.00 bits per heavy atom. The summed E-state index contributed by atoms with van der Waals surface area (Å²) in [7, 11) is 0. The fourth-order valence-corrected chi connectivity index (χ4v) is 4.98. The van der Waals surface area contributed by atoms with Gasteiger partial charge in [0.1, 0.15) is 22.1 Å². The summed E-state index contributed by atoms with van der Waals surface area (Å²) in [6.07, 6.45) is 11.4. The van der Waals surface area contributed by atoms with Gasteiger partial charge in [-0.15, -0.1) is 0 Å². The highest BCUT2D eigenvalue weighted by atomic mass is 32.2. The van der Waals surface area contributed by atoms with E-state index in [1.807, 2.05) is 0 Å². The van der Waals surface area contributed by atoms with Crippen molar-refractivity contribution in [3.05, 3.63) is 0 Å². The van der Waals surface area contributed by atoms with Crippen molar-refractivity contribution in [2.24, 2.45) is 0 Å². The van der Waals surface area contributed by atoms with Crippen LogP contribution in [0.15, 0.2) is 0 Å². The van der Waals surface area contributed by atoms with E-state index in [-0.39, 0.29) is 11.1 Å². The molecule has 86 valence electrons. The molecule has 15 heavy (non-hydrogen) atoms. The Morgan fingerprint density at radius 3 is 2.47 bits per heavy atom. The average molecular weight is 228 g/mol. The van der Waals surface area contributed by atoms with Gasteiger partial charge in [0.25, 0.3) is 5.91 Å². The molecule has 2 aliphatic rings. The van der Waals surface area contributed by atoms with Crippen LogP contribution in [0.4, 0.5) is 0 Å². The largest absolute Gasteiger partial charge is 0.271 e. The zero-order valence-corrected chi connectivity index (χ0v) is 10.3. The topological polar surface area (TPSA) is 29.1 Å². The van der Waals surface area contributed by atoms with E-state index in [1.165, 1.54) is 50.7 Å². The predicted molar refractivity (Wildman–Crippen MR) is 65.7 cm³/mol. The Kier molecular flexibility index (Phi) is 4.36. The van der Waals surface area contributed by atoms with Gasteiger partial charge < -0.3 is 0 Å². The smallest absolute Gasteiger partial charge is 0.261 e. The summed E-state index contributed by atoms with van der Waals surface area (Å²) in [5.41, 5.74) is 0. The Bertz CT molecular complexity index is 212. The molecule has 1 N–H and O–H groups in total. The molecular weight excluding hydrogens is 206 g/mol. The standard InChI is InChI=1S/C12H21NOS/c14-12-9-5-6-10-15(13-12)11-7-3-1-2-4-8-11/h11H,1-10H2/p+1. The van der Waals surface area contributed by atoms with Gasteiger partial charge >= 0.3 is 0 Å². The second-order valence-electron chi connectivity index (χ2n) is 4.73. The van der Waals surface area contributed by atoms with E-state index in [1.54, 1.807) is 0 Å². The van der Waals surface area contributed by atoms with Crippen LogP contribution in [0.2, 0.25) is 0 Å². The molecule has 1 saturated carbocycles. The summed E-state index contributed by atoms with van der Waals surface area (Å²) in [6.45, 7) is 0. The summed E-state index contributed by atoms with van der Waals surface area (Å²) in [6, 6.07) is 0. The highest BCUT2D eigenvalue weighted by Gasteiger charge is 2.34. The van der Waals surface area contributed by atoms with Crippen LogP contribution >= 0.6 is 0 Å². The summed E-state index contributed by atoms with van der Waals surface area (Å²) < 4.78 is 3.27. The predicted octanol–water partition coefficient (Wildman–Crippen LogP) is 2.54.